The SMILES string of the molecule is O=C(O)C(F)(F)F.O=C(c1cccs1)N1CC[C@@H]2[C@@H](CO[C@@H]2CNc2ncccn2)C1. The third-order valence-electron chi connectivity index (χ3n) is 5.08. The molecular weight excluding hydrogens is 437 g/mol. The van der Waals surface area contributed by atoms with E-state index in [0.717, 1.165) is 31.0 Å². The van der Waals surface area contributed by atoms with Gasteiger partial charge in [-0.1, -0.05) is 6.07 Å². The molecule has 0 bridgehead atoms. The molecule has 0 aromatic carbocycles. The molecule has 3 atom stereocenters. The zero-order valence-electron chi connectivity index (χ0n) is 16.3. The minimum atomic E-state index is -5.08. The van der Waals surface area contributed by atoms with Crippen molar-refractivity contribution < 1.29 is 32.6 Å². The number of rotatable bonds is 4. The number of carboxylic acids is 1. The number of likely N-dealkylation sites (tertiary alicyclic amines) is 1. The number of halogens is 3. The van der Waals surface area contributed by atoms with Gasteiger partial charge in [-0.3, -0.25) is 4.79 Å². The second-order valence-electron chi connectivity index (χ2n) is 7.07. The summed E-state index contributed by atoms with van der Waals surface area (Å²) in [5.41, 5.74) is 0. The van der Waals surface area contributed by atoms with Gasteiger partial charge in [-0.15, -0.1) is 11.3 Å². The largest absolute Gasteiger partial charge is 0.490 e. The first-order valence-electron chi connectivity index (χ1n) is 9.51. The number of ether oxygens (including phenoxy) is 1. The van der Waals surface area contributed by atoms with Crippen LogP contribution in [0.1, 0.15) is 16.1 Å². The number of aliphatic carboxylic acids is 1. The molecule has 4 rings (SSSR count). The first-order valence-corrected chi connectivity index (χ1v) is 10.4. The lowest BCUT2D eigenvalue weighted by molar-refractivity contribution is -0.192. The molecule has 0 radical (unpaired) electrons. The third kappa shape index (κ3) is 6.14. The smallest absolute Gasteiger partial charge is 0.475 e. The second kappa shape index (κ2) is 10.1. The predicted molar refractivity (Wildman–Crippen MR) is 106 cm³/mol. The van der Waals surface area contributed by atoms with Crippen molar-refractivity contribution in [2.45, 2.75) is 18.7 Å². The Morgan fingerprint density at radius 3 is 2.61 bits per heavy atom. The van der Waals surface area contributed by atoms with Crippen LogP contribution in [0.3, 0.4) is 0 Å². The summed E-state index contributed by atoms with van der Waals surface area (Å²) in [6.07, 6.45) is -0.480. The molecule has 2 aromatic rings. The number of aromatic nitrogens is 2. The Labute approximate surface area is 180 Å². The fourth-order valence-electron chi connectivity index (χ4n) is 3.62. The van der Waals surface area contributed by atoms with Crippen molar-refractivity contribution in [3.05, 3.63) is 40.8 Å². The van der Waals surface area contributed by atoms with Crippen molar-refractivity contribution in [2.75, 3.05) is 31.6 Å². The van der Waals surface area contributed by atoms with Gasteiger partial charge in [0.15, 0.2) is 0 Å². The number of hydrogen-bond donors (Lipinski definition) is 2. The van der Waals surface area contributed by atoms with Crippen molar-refractivity contribution in [3.63, 3.8) is 0 Å². The number of hydrogen-bond acceptors (Lipinski definition) is 7. The van der Waals surface area contributed by atoms with Crippen molar-refractivity contribution >= 4 is 29.2 Å². The summed E-state index contributed by atoms with van der Waals surface area (Å²) < 4.78 is 37.7. The topological polar surface area (TPSA) is 105 Å². The molecular formula is C19H21F3N4O4S. The zero-order chi connectivity index (χ0) is 22.4. The number of carbonyl (C=O) groups is 2. The number of nitrogens with one attached hydrogen (secondary N) is 1. The molecule has 0 spiro atoms. The number of piperidine rings is 1. The molecule has 1 amide bonds. The van der Waals surface area contributed by atoms with Crippen LogP contribution in [-0.2, 0) is 9.53 Å². The lowest BCUT2D eigenvalue weighted by Crippen LogP contribution is -2.45. The average Bonchev–Trinajstić information content (AvgIpc) is 3.42. The lowest BCUT2D eigenvalue weighted by atomic mass is 9.84. The number of carboxylic acid groups (broad SMARTS) is 1. The molecule has 2 aromatic heterocycles. The van der Waals surface area contributed by atoms with Crippen LogP contribution >= 0.6 is 11.3 Å². The quantitative estimate of drug-likeness (QED) is 0.726. The number of anilines is 1. The maximum atomic E-state index is 12.5. The van der Waals surface area contributed by atoms with Gasteiger partial charge in [-0.2, -0.15) is 13.2 Å². The van der Waals surface area contributed by atoms with Gasteiger partial charge >= 0.3 is 12.1 Å². The Bertz CT molecular complexity index is 867. The molecule has 4 heterocycles. The average molecular weight is 458 g/mol. The van der Waals surface area contributed by atoms with Gasteiger partial charge in [0.2, 0.25) is 5.95 Å². The van der Waals surface area contributed by atoms with E-state index in [9.17, 15) is 18.0 Å². The Balaban J connectivity index is 0.000000339. The number of fused-ring (bicyclic) bond motifs is 1. The summed E-state index contributed by atoms with van der Waals surface area (Å²) in [6.45, 7) is 3.03. The summed E-state index contributed by atoms with van der Waals surface area (Å²) in [5.74, 6) is -1.05. The minimum Gasteiger partial charge on any atom is -0.475 e. The summed E-state index contributed by atoms with van der Waals surface area (Å²) in [4.78, 5) is 32.6. The molecule has 2 fully saturated rings. The Morgan fingerprint density at radius 1 is 1.29 bits per heavy atom. The highest BCUT2D eigenvalue weighted by molar-refractivity contribution is 7.12. The van der Waals surface area contributed by atoms with Crippen LogP contribution in [0.2, 0.25) is 0 Å². The number of alkyl halides is 3. The van der Waals surface area contributed by atoms with E-state index in [2.05, 4.69) is 15.3 Å². The lowest BCUT2D eigenvalue weighted by Gasteiger charge is -2.35. The first kappa shape index (κ1) is 22.9. The Morgan fingerprint density at radius 2 is 2.00 bits per heavy atom. The highest BCUT2D eigenvalue weighted by Gasteiger charge is 2.42. The molecule has 168 valence electrons. The van der Waals surface area contributed by atoms with Crippen LogP contribution in [-0.4, -0.2) is 70.4 Å². The van der Waals surface area contributed by atoms with Gasteiger partial charge in [-0.25, -0.2) is 14.8 Å². The maximum absolute atomic E-state index is 12.5. The summed E-state index contributed by atoms with van der Waals surface area (Å²) >= 11 is 1.51. The highest BCUT2D eigenvalue weighted by Crippen LogP contribution is 2.35. The Hall–Kier alpha value is -2.73. The number of thiophene rings is 1. The second-order valence-corrected chi connectivity index (χ2v) is 8.02. The van der Waals surface area contributed by atoms with Gasteiger partial charge in [0, 0.05) is 37.9 Å². The van der Waals surface area contributed by atoms with Gasteiger partial charge in [-0.05, 0) is 29.9 Å². The van der Waals surface area contributed by atoms with E-state index in [0.29, 0.717) is 24.3 Å². The minimum absolute atomic E-state index is 0.155. The van der Waals surface area contributed by atoms with E-state index in [1.165, 1.54) is 11.3 Å². The maximum Gasteiger partial charge on any atom is 0.490 e. The van der Waals surface area contributed by atoms with E-state index in [1.807, 2.05) is 22.4 Å². The normalized spacial score (nSPS) is 22.8. The van der Waals surface area contributed by atoms with Crippen molar-refractivity contribution in [3.8, 4) is 0 Å². The molecule has 2 saturated heterocycles. The molecule has 2 aliphatic rings. The van der Waals surface area contributed by atoms with E-state index in [-0.39, 0.29) is 12.0 Å². The van der Waals surface area contributed by atoms with Crippen LogP contribution in [0.5, 0.6) is 0 Å². The standard InChI is InChI=1S/C17H20N4O2S.C2HF3O2/c22-16(15-3-1-8-24-15)21-7-4-13-12(10-21)11-23-14(13)9-20-17-18-5-2-6-19-17;3-2(4,5)1(6)7/h1-3,5-6,8,12-14H,4,7,9-11H2,(H,18,19,20);(H,6,7)/t12-,13-,14-;/m1./s1. The van der Waals surface area contributed by atoms with Crippen LogP contribution in [0.15, 0.2) is 36.0 Å². The molecule has 8 nitrogen and oxygen atoms in total. The van der Waals surface area contributed by atoms with Gasteiger partial charge < -0.3 is 20.1 Å². The summed E-state index contributed by atoms with van der Waals surface area (Å²) in [5, 5.41) is 12.3. The van der Waals surface area contributed by atoms with Crippen LogP contribution in [0, 0.1) is 11.8 Å². The van der Waals surface area contributed by atoms with Crippen LogP contribution < -0.4 is 5.32 Å². The highest BCUT2D eigenvalue weighted by atomic mass is 32.1. The van der Waals surface area contributed by atoms with Crippen molar-refractivity contribution in [1.29, 1.82) is 0 Å². The molecule has 0 aliphatic carbocycles. The summed E-state index contributed by atoms with van der Waals surface area (Å²) in [6, 6.07) is 5.63. The number of amides is 1. The van der Waals surface area contributed by atoms with Gasteiger partial charge in [0.1, 0.15) is 0 Å². The van der Waals surface area contributed by atoms with Crippen molar-refractivity contribution in [2.24, 2.45) is 11.8 Å². The van der Waals surface area contributed by atoms with E-state index in [4.69, 9.17) is 14.6 Å². The first-order chi connectivity index (χ1) is 14.8. The fraction of sp³-hybridized carbons (Fsp3) is 0.474. The molecule has 31 heavy (non-hydrogen) atoms. The Kier molecular flexibility index (Phi) is 7.44. The van der Waals surface area contributed by atoms with Gasteiger partial charge in [0.05, 0.1) is 17.6 Å². The van der Waals surface area contributed by atoms with Gasteiger partial charge in [0.25, 0.3) is 5.91 Å². The predicted octanol–water partition coefficient (Wildman–Crippen LogP) is 2.76. The monoisotopic (exact) mass is 458 g/mol. The van der Waals surface area contributed by atoms with Crippen LogP contribution in [0.25, 0.3) is 0 Å². The number of carbonyl (C=O) groups excluding carboxylic acids is 1. The van der Waals surface area contributed by atoms with Crippen molar-refractivity contribution in [1.82, 2.24) is 14.9 Å². The van der Waals surface area contributed by atoms with E-state index in [1.54, 1.807) is 18.5 Å². The molecule has 2 aliphatic heterocycles. The summed E-state index contributed by atoms with van der Waals surface area (Å²) in [7, 11) is 0. The molecule has 2 N–H and O–H groups in total. The third-order valence-corrected chi connectivity index (χ3v) is 5.94. The van der Waals surface area contributed by atoms with Crippen LogP contribution in [0.4, 0.5) is 19.1 Å². The molecule has 0 unspecified atom stereocenters. The molecule has 12 heteroatoms. The fourth-order valence-corrected chi connectivity index (χ4v) is 4.31. The van der Waals surface area contributed by atoms with E-state index < -0.39 is 12.1 Å². The van der Waals surface area contributed by atoms with E-state index >= 15 is 0 Å². The molecule has 0 saturated carbocycles. The number of nitrogens with zero attached hydrogens (tertiary/aromatic N) is 3. The zero-order valence-corrected chi connectivity index (χ0v) is 17.1.